The van der Waals surface area contributed by atoms with E-state index in [0.717, 1.165) is 5.69 Å². The van der Waals surface area contributed by atoms with Gasteiger partial charge < -0.3 is 9.13 Å². The monoisotopic (exact) mass is 634 g/mol. The van der Waals surface area contributed by atoms with Crippen LogP contribution >= 0.6 is 0 Å². The van der Waals surface area contributed by atoms with Gasteiger partial charge >= 0.3 is 0 Å². The third-order valence-electron chi connectivity index (χ3n) is 10.7. The number of benzene rings is 9. The largest absolute Gasteiger partial charge is 0.309 e. The van der Waals surface area contributed by atoms with Gasteiger partial charge in [-0.15, -0.1) is 0 Å². The molecule has 2 heterocycles. The maximum atomic E-state index is 2.48. The SMILES string of the molecule is c1ccc(-n2c3ccccc3c3cc(-c4ccc(-n5c6ccccc6c6c7c8ccccc8ccc7c7ccccc7c65)cc4)ccc32)cc1. The number of para-hydroxylation sites is 3. The molecule has 0 unspecified atom stereocenters. The summed E-state index contributed by atoms with van der Waals surface area (Å²) >= 11 is 0. The molecule has 0 atom stereocenters. The van der Waals surface area contributed by atoms with E-state index in [0.29, 0.717) is 0 Å². The van der Waals surface area contributed by atoms with Crippen LogP contribution in [0.2, 0.25) is 0 Å². The summed E-state index contributed by atoms with van der Waals surface area (Å²) in [6.45, 7) is 0. The van der Waals surface area contributed by atoms with Gasteiger partial charge in [-0.05, 0) is 81.2 Å². The number of rotatable bonds is 3. The van der Waals surface area contributed by atoms with Crippen molar-refractivity contribution in [2.75, 3.05) is 0 Å². The molecule has 11 aromatic rings. The third-order valence-corrected chi connectivity index (χ3v) is 10.7. The Balaban J connectivity index is 1.14. The van der Waals surface area contributed by atoms with Gasteiger partial charge in [-0.3, -0.25) is 0 Å². The topological polar surface area (TPSA) is 9.86 Å². The highest BCUT2D eigenvalue weighted by atomic mass is 15.0. The molecule has 0 aliphatic heterocycles. The lowest BCUT2D eigenvalue weighted by Gasteiger charge is -2.14. The van der Waals surface area contributed by atoms with E-state index in [1.807, 2.05) is 0 Å². The van der Waals surface area contributed by atoms with E-state index in [4.69, 9.17) is 0 Å². The summed E-state index contributed by atoms with van der Waals surface area (Å²) in [4.78, 5) is 0. The summed E-state index contributed by atoms with van der Waals surface area (Å²) in [5.74, 6) is 0. The van der Waals surface area contributed by atoms with Crippen LogP contribution in [-0.2, 0) is 0 Å². The first kappa shape index (κ1) is 27.3. The second kappa shape index (κ2) is 10.4. The second-order valence-electron chi connectivity index (χ2n) is 13.3. The Hall–Kier alpha value is -6.64. The van der Waals surface area contributed by atoms with Crippen molar-refractivity contribution in [3.8, 4) is 22.5 Å². The van der Waals surface area contributed by atoms with E-state index < -0.39 is 0 Å². The Morgan fingerprint density at radius 2 is 0.860 bits per heavy atom. The fourth-order valence-electron chi connectivity index (χ4n) is 8.52. The Morgan fingerprint density at radius 3 is 1.66 bits per heavy atom. The van der Waals surface area contributed by atoms with Crippen molar-refractivity contribution in [2.24, 2.45) is 0 Å². The van der Waals surface area contributed by atoms with Gasteiger partial charge in [0.1, 0.15) is 0 Å². The summed E-state index contributed by atoms with van der Waals surface area (Å²) < 4.78 is 4.85. The first-order valence-corrected chi connectivity index (χ1v) is 17.3. The molecule has 2 heteroatoms. The van der Waals surface area contributed by atoms with Crippen LogP contribution < -0.4 is 0 Å². The second-order valence-corrected chi connectivity index (χ2v) is 13.3. The van der Waals surface area contributed by atoms with E-state index in [1.165, 1.54) is 92.7 Å². The van der Waals surface area contributed by atoms with Crippen molar-refractivity contribution in [1.29, 1.82) is 0 Å². The van der Waals surface area contributed by atoms with Crippen LogP contribution in [0.3, 0.4) is 0 Å². The molecule has 0 N–H and O–H groups in total. The van der Waals surface area contributed by atoms with E-state index in [2.05, 4.69) is 191 Å². The standard InChI is InChI=1S/C48H30N2/c1-2-13-34(14-3-1)49-43-20-10-8-17-38(43)42-30-33(25-29-45(42)49)31-22-26-35(27-23-31)50-44-21-11-9-19-41(44)47-46-36-15-5-4-12-32(36)24-28-39(46)37-16-6-7-18-40(37)48(47)50/h1-30H. The Bertz CT molecular complexity index is 3120. The number of nitrogens with zero attached hydrogens (tertiary/aromatic N) is 2. The average Bonchev–Trinajstić information content (AvgIpc) is 3.71. The van der Waals surface area contributed by atoms with Gasteiger partial charge in [0.05, 0.1) is 22.1 Å². The van der Waals surface area contributed by atoms with Gasteiger partial charge in [0.25, 0.3) is 0 Å². The van der Waals surface area contributed by atoms with Crippen LogP contribution in [0.1, 0.15) is 0 Å². The summed E-state index contributed by atoms with van der Waals surface area (Å²) in [6.07, 6.45) is 0. The van der Waals surface area contributed by atoms with Gasteiger partial charge in [-0.1, -0.05) is 133 Å². The molecule has 0 bridgehead atoms. The Morgan fingerprint density at radius 1 is 0.280 bits per heavy atom. The summed E-state index contributed by atoms with van der Waals surface area (Å²) in [5.41, 5.74) is 9.67. The molecule has 0 radical (unpaired) electrons. The van der Waals surface area contributed by atoms with Crippen LogP contribution in [0.15, 0.2) is 182 Å². The van der Waals surface area contributed by atoms with Crippen LogP contribution in [0, 0.1) is 0 Å². The first-order valence-electron chi connectivity index (χ1n) is 17.3. The summed E-state index contributed by atoms with van der Waals surface area (Å²) in [7, 11) is 0. The predicted molar refractivity (Wildman–Crippen MR) is 213 cm³/mol. The summed E-state index contributed by atoms with van der Waals surface area (Å²) in [5, 5.41) is 12.9. The van der Waals surface area contributed by atoms with E-state index in [1.54, 1.807) is 0 Å². The average molecular weight is 635 g/mol. The van der Waals surface area contributed by atoms with Gasteiger partial charge in [-0.25, -0.2) is 0 Å². The number of aromatic nitrogens is 2. The van der Waals surface area contributed by atoms with Crippen molar-refractivity contribution in [2.45, 2.75) is 0 Å². The zero-order chi connectivity index (χ0) is 32.8. The van der Waals surface area contributed by atoms with Crippen LogP contribution in [0.5, 0.6) is 0 Å². The van der Waals surface area contributed by atoms with Crippen LogP contribution in [0.4, 0.5) is 0 Å². The molecule has 0 spiro atoms. The lowest BCUT2D eigenvalue weighted by molar-refractivity contribution is 1.18. The molecule has 0 saturated carbocycles. The normalized spacial score (nSPS) is 12.0. The minimum atomic E-state index is 1.16. The van der Waals surface area contributed by atoms with Crippen molar-refractivity contribution < 1.29 is 0 Å². The van der Waals surface area contributed by atoms with Crippen LogP contribution in [-0.4, -0.2) is 9.13 Å². The highest BCUT2D eigenvalue weighted by Crippen LogP contribution is 2.45. The molecule has 2 nitrogen and oxygen atoms in total. The fraction of sp³-hybridized carbons (Fsp3) is 0. The van der Waals surface area contributed by atoms with Crippen molar-refractivity contribution >= 4 is 75.9 Å². The molecule has 0 amide bonds. The lowest BCUT2D eigenvalue weighted by atomic mass is 9.93. The van der Waals surface area contributed by atoms with E-state index in [9.17, 15) is 0 Å². The first-order chi connectivity index (χ1) is 24.8. The van der Waals surface area contributed by atoms with Crippen molar-refractivity contribution in [1.82, 2.24) is 9.13 Å². The molecule has 50 heavy (non-hydrogen) atoms. The maximum absolute atomic E-state index is 2.48. The van der Waals surface area contributed by atoms with E-state index in [-0.39, 0.29) is 0 Å². The van der Waals surface area contributed by atoms with Gasteiger partial charge in [0, 0.05) is 43.7 Å². The van der Waals surface area contributed by atoms with Crippen molar-refractivity contribution in [3.05, 3.63) is 182 Å². The molecule has 0 aliphatic carbocycles. The van der Waals surface area contributed by atoms with E-state index >= 15 is 0 Å². The molecular formula is C48H30N2. The highest BCUT2D eigenvalue weighted by Gasteiger charge is 2.20. The fourth-order valence-corrected chi connectivity index (χ4v) is 8.52. The Labute approximate surface area is 288 Å². The molecule has 2 aromatic heterocycles. The molecule has 232 valence electrons. The Kier molecular flexibility index (Phi) is 5.70. The summed E-state index contributed by atoms with van der Waals surface area (Å²) in [6, 6.07) is 66.6. The predicted octanol–water partition coefficient (Wildman–Crippen LogP) is 13.0. The third kappa shape index (κ3) is 3.79. The lowest BCUT2D eigenvalue weighted by Crippen LogP contribution is -1.95. The maximum Gasteiger partial charge on any atom is 0.0626 e. The van der Waals surface area contributed by atoms with Crippen LogP contribution in [0.25, 0.3) is 98.4 Å². The van der Waals surface area contributed by atoms with Crippen molar-refractivity contribution in [3.63, 3.8) is 0 Å². The zero-order valence-corrected chi connectivity index (χ0v) is 27.2. The number of fused-ring (bicyclic) bond motifs is 13. The molecule has 0 aliphatic rings. The molecular weight excluding hydrogens is 605 g/mol. The highest BCUT2D eigenvalue weighted by molar-refractivity contribution is 6.36. The molecule has 11 rings (SSSR count). The molecule has 9 aromatic carbocycles. The quantitative estimate of drug-likeness (QED) is 0.171. The number of hydrogen-bond donors (Lipinski definition) is 0. The minimum absolute atomic E-state index is 1.16. The molecule has 0 fully saturated rings. The van der Waals surface area contributed by atoms with Gasteiger partial charge in [0.2, 0.25) is 0 Å². The smallest absolute Gasteiger partial charge is 0.0626 e. The molecule has 0 saturated heterocycles. The minimum Gasteiger partial charge on any atom is -0.309 e. The number of hydrogen-bond acceptors (Lipinski definition) is 0. The van der Waals surface area contributed by atoms with Gasteiger partial charge in [0.15, 0.2) is 0 Å². The van der Waals surface area contributed by atoms with Gasteiger partial charge in [-0.2, -0.15) is 0 Å². The zero-order valence-electron chi connectivity index (χ0n) is 27.2.